The van der Waals surface area contributed by atoms with Crippen molar-refractivity contribution < 1.29 is 5.11 Å². The Morgan fingerprint density at radius 3 is 2.59 bits per heavy atom. The average Bonchev–Trinajstić information content (AvgIpc) is 2.28. The van der Waals surface area contributed by atoms with E-state index in [-0.39, 0.29) is 6.61 Å². The van der Waals surface area contributed by atoms with Crippen LogP contribution in [0.5, 0.6) is 0 Å². The van der Waals surface area contributed by atoms with Crippen molar-refractivity contribution in [2.24, 2.45) is 5.92 Å². The Hall–Kier alpha value is -0.280. The van der Waals surface area contributed by atoms with E-state index in [4.69, 9.17) is 23.2 Å². The van der Waals surface area contributed by atoms with Gasteiger partial charge in [-0.05, 0) is 49.1 Å². The van der Waals surface area contributed by atoms with Crippen molar-refractivity contribution in [3.8, 4) is 0 Å². The van der Waals surface area contributed by atoms with Crippen molar-refractivity contribution in [2.75, 3.05) is 19.7 Å². The maximum Gasteiger partial charge on any atom is 0.0471 e. The van der Waals surface area contributed by atoms with Crippen molar-refractivity contribution >= 4 is 23.2 Å². The lowest BCUT2D eigenvalue weighted by Crippen LogP contribution is -2.36. The standard InChI is InChI=1S/C13H17Cl2NO/c14-12-4-11(5-13(15)6-12)8-16-3-1-2-10(7-16)9-17/h4-6,10,17H,1-3,7-9H2. The van der Waals surface area contributed by atoms with E-state index in [0.29, 0.717) is 16.0 Å². The minimum Gasteiger partial charge on any atom is -0.396 e. The maximum absolute atomic E-state index is 9.19. The molecule has 2 nitrogen and oxygen atoms in total. The Balaban J connectivity index is 2.00. The monoisotopic (exact) mass is 273 g/mol. The Kier molecular flexibility index (Phi) is 4.69. The first kappa shape index (κ1) is 13.2. The van der Waals surface area contributed by atoms with E-state index in [1.54, 1.807) is 6.07 Å². The van der Waals surface area contributed by atoms with Crippen LogP contribution in [0.4, 0.5) is 0 Å². The molecule has 0 aromatic heterocycles. The number of aliphatic hydroxyl groups excluding tert-OH is 1. The third-order valence-electron chi connectivity index (χ3n) is 3.19. The predicted molar refractivity (Wildman–Crippen MR) is 71.5 cm³/mol. The molecule has 0 aliphatic carbocycles. The van der Waals surface area contributed by atoms with E-state index >= 15 is 0 Å². The second-order valence-electron chi connectivity index (χ2n) is 4.70. The second kappa shape index (κ2) is 6.05. The molecule has 1 aliphatic rings. The van der Waals surface area contributed by atoms with Crippen LogP contribution in [0.15, 0.2) is 18.2 Å². The van der Waals surface area contributed by atoms with Gasteiger partial charge in [-0.3, -0.25) is 4.90 Å². The highest BCUT2D eigenvalue weighted by Crippen LogP contribution is 2.22. The maximum atomic E-state index is 9.19. The molecule has 1 aromatic carbocycles. The molecule has 1 N–H and O–H groups in total. The minimum atomic E-state index is 0.285. The van der Waals surface area contributed by atoms with Gasteiger partial charge in [-0.2, -0.15) is 0 Å². The summed E-state index contributed by atoms with van der Waals surface area (Å²) in [5.74, 6) is 0.415. The number of likely N-dealkylation sites (tertiary alicyclic amines) is 1. The van der Waals surface area contributed by atoms with Crippen LogP contribution in [0.1, 0.15) is 18.4 Å². The fraction of sp³-hybridized carbons (Fsp3) is 0.538. The third-order valence-corrected chi connectivity index (χ3v) is 3.63. The molecule has 0 saturated carbocycles. The summed E-state index contributed by atoms with van der Waals surface area (Å²) in [5, 5.41) is 10.6. The molecule has 1 fully saturated rings. The lowest BCUT2D eigenvalue weighted by Gasteiger charge is -2.31. The molecule has 17 heavy (non-hydrogen) atoms. The van der Waals surface area contributed by atoms with Crippen LogP contribution in [0, 0.1) is 5.92 Å². The molecule has 94 valence electrons. The number of nitrogens with zero attached hydrogens (tertiary/aromatic N) is 1. The second-order valence-corrected chi connectivity index (χ2v) is 5.58. The van der Waals surface area contributed by atoms with Crippen molar-refractivity contribution in [2.45, 2.75) is 19.4 Å². The highest BCUT2D eigenvalue weighted by molar-refractivity contribution is 6.34. The predicted octanol–water partition coefficient (Wildman–Crippen LogP) is 3.20. The lowest BCUT2D eigenvalue weighted by molar-refractivity contribution is 0.116. The van der Waals surface area contributed by atoms with Crippen LogP contribution < -0.4 is 0 Å². The molecule has 1 aliphatic heterocycles. The van der Waals surface area contributed by atoms with Gasteiger partial charge in [-0.15, -0.1) is 0 Å². The minimum absolute atomic E-state index is 0.285. The molecule has 1 heterocycles. The van der Waals surface area contributed by atoms with Gasteiger partial charge < -0.3 is 5.11 Å². The van der Waals surface area contributed by atoms with Crippen molar-refractivity contribution in [3.63, 3.8) is 0 Å². The van der Waals surface area contributed by atoms with Gasteiger partial charge in [-0.1, -0.05) is 23.2 Å². The fourth-order valence-electron chi connectivity index (χ4n) is 2.40. The Morgan fingerprint density at radius 2 is 1.94 bits per heavy atom. The number of benzene rings is 1. The van der Waals surface area contributed by atoms with Gasteiger partial charge in [0, 0.05) is 29.7 Å². The molecule has 0 amide bonds. The van der Waals surface area contributed by atoms with E-state index in [1.807, 2.05) is 12.1 Å². The fourth-order valence-corrected chi connectivity index (χ4v) is 2.98. The molecule has 1 atom stereocenters. The largest absolute Gasteiger partial charge is 0.396 e. The van der Waals surface area contributed by atoms with Gasteiger partial charge in [0.05, 0.1) is 0 Å². The highest BCUT2D eigenvalue weighted by Gasteiger charge is 2.19. The Bertz CT molecular complexity index is 363. The van der Waals surface area contributed by atoms with E-state index in [2.05, 4.69) is 4.90 Å². The van der Waals surface area contributed by atoms with E-state index in [0.717, 1.165) is 38.0 Å². The quantitative estimate of drug-likeness (QED) is 0.915. The van der Waals surface area contributed by atoms with Crippen LogP contribution >= 0.6 is 23.2 Å². The summed E-state index contributed by atoms with van der Waals surface area (Å²) >= 11 is 12.0. The number of piperidine rings is 1. The van der Waals surface area contributed by atoms with Gasteiger partial charge in [0.25, 0.3) is 0 Å². The number of rotatable bonds is 3. The SMILES string of the molecule is OCC1CCCN(Cc2cc(Cl)cc(Cl)c2)C1. The molecule has 0 spiro atoms. The number of hydrogen-bond donors (Lipinski definition) is 1. The summed E-state index contributed by atoms with van der Waals surface area (Å²) in [6.45, 7) is 3.19. The van der Waals surface area contributed by atoms with Crippen LogP contribution in [0.3, 0.4) is 0 Å². The summed E-state index contributed by atoms with van der Waals surface area (Å²) in [4.78, 5) is 2.35. The zero-order valence-corrected chi connectivity index (χ0v) is 11.2. The van der Waals surface area contributed by atoms with Crippen LogP contribution in [0.25, 0.3) is 0 Å². The number of aliphatic hydroxyl groups is 1. The van der Waals surface area contributed by atoms with Crippen molar-refractivity contribution in [1.82, 2.24) is 4.90 Å². The normalized spacial score (nSPS) is 21.7. The Labute approximate surface area is 112 Å². The van der Waals surface area contributed by atoms with E-state index in [9.17, 15) is 5.11 Å². The summed E-state index contributed by atoms with van der Waals surface area (Å²) < 4.78 is 0. The van der Waals surface area contributed by atoms with Crippen LogP contribution in [-0.2, 0) is 6.54 Å². The molecular formula is C13H17Cl2NO. The summed E-state index contributed by atoms with van der Waals surface area (Å²) in [6, 6.07) is 5.66. The highest BCUT2D eigenvalue weighted by atomic mass is 35.5. The van der Waals surface area contributed by atoms with Gasteiger partial charge in [-0.25, -0.2) is 0 Å². The Morgan fingerprint density at radius 1 is 1.24 bits per heavy atom. The van der Waals surface area contributed by atoms with E-state index < -0.39 is 0 Å². The molecule has 1 aromatic rings. The summed E-state index contributed by atoms with van der Waals surface area (Å²) in [6.07, 6.45) is 2.28. The molecule has 1 unspecified atom stereocenters. The smallest absolute Gasteiger partial charge is 0.0471 e. The average molecular weight is 274 g/mol. The molecule has 0 radical (unpaired) electrons. The first-order valence-corrected chi connectivity index (χ1v) is 6.71. The third kappa shape index (κ3) is 3.85. The van der Waals surface area contributed by atoms with Crippen LogP contribution in [-0.4, -0.2) is 29.7 Å². The molecule has 0 bridgehead atoms. The van der Waals surface area contributed by atoms with Crippen molar-refractivity contribution in [3.05, 3.63) is 33.8 Å². The molecular weight excluding hydrogens is 257 g/mol. The summed E-state index contributed by atoms with van der Waals surface area (Å²) in [7, 11) is 0. The zero-order chi connectivity index (χ0) is 12.3. The van der Waals surface area contributed by atoms with Crippen molar-refractivity contribution in [1.29, 1.82) is 0 Å². The van der Waals surface area contributed by atoms with Gasteiger partial charge in [0.15, 0.2) is 0 Å². The first-order valence-electron chi connectivity index (χ1n) is 5.95. The zero-order valence-electron chi connectivity index (χ0n) is 9.70. The van der Waals surface area contributed by atoms with E-state index in [1.165, 1.54) is 0 Å². The topological polar surface area (TPSA) is 23.5 Å². The molecule has 4 heteroatoms. The van der Waals surface area contributed by atoms with Gasteiger partial charge >= 0.3 is 0 Å². The van der Waals surface area contributed by atoms with Gasteiger partial charge in [0.1, 0.15) is 0 Å². The number of hydrogen-bond acceptors (Lipinski definition) is 2. The summed E-state index contributed by atoms with van der Waals surface area (Å²) in [5.41, 5.74) is 1.14. The number of halogens is 2. The molecule has 2 rings (SSSR count). The van der Waals surface area contributed by atoms with Crippen LogP contribution in [0.2, 0.25) is 10.0 Å². The first-order chi connectivity index (χ1) is 8.17. The molecule has 1 saturated heterocycles. The lowest BCUT2D eigenvalue weighted by atomic mass is 9.98. The van der Waals surface area contributed by atoms with Gasteiger partial charge in [0.2, 0.25) is 0 Å².